The second-order valence-electron chi connectivity index (χ2n) is 5.36. The molecule has 0 saturated heterocycles. The summed E-state index contributed by atoms with van der Waals surface area (Å²) in [7, 11) is 1.71. The van der Waals surface area contributed by atoms with E-state index in [0.717, 1.165) is 11.3 Å². The summed E-state index contributed by atoms with van der Waals surface area (Å²) in [5.41, 5.74) is 7.85. The lowest BCUT2D eigenvalue weighted by atomic mass is 10.3. The second-order valence-corrected chi connectivity index (χ2v) is 6.24. The zero-order valence-corrected chi connectivity index (χ0v) is 15.1. The Balaban J connectivity index is 1.86. The molecular weight excluding hydrogens is 350 g/mol. The first-order valence-corrected chi connectivity index (χ1v) is 8.60. The number of nitriles is 1. The monoisotopic (exact) mass is 367 g/mol. The third-order valence-electron chi connectivity index (χ3n) is 3.38. The van der Waals surface area contributed by atoms with Crippen LogP contribution in [0, 0.1) is 11.3 Å². The number of anilines is 3. The van der Waals surface area contributed by atoms with Gasteiger partial charge < -0.3 is 21.7 Å². The SMILES string of the molecule is CNc1nc(NCc2ccc(N)nc2)nc(C(C#N)=C2NC(C)=CS2)n1. The zero-order valence-electron chi connectivity index (χ0n) is 14.2. The molecule has 0 aromatic carbocycles. The molecule has 5 N–H and O–H groups in total. The molecule has 0 fully saturated rings. The molecule has 3 rings (SSSR count). The number of nitrogens with two attached hydrogens (primary N) is 1. The summed E-state index contributed by atoms with van der Waals surface area (Å²) >= 11 is 1.43. The van der Waals surface area contributed by atoms with Gasteiger partial charge in [-0.1, -0.05) is 17.8 Å². The Morgan fingerprint density at radius 1 is 1.31 bits per heavy atom. The smallest absolute Gasteiger partial charge is 0.228 e. The van der Waals surface area contributed by atoms with Crippen molar-refractivity contribution in [3.8, 4) is 6.07 Å². The topological polar surface area (TPSA) is 137 Å². The number of aromatic nitrogens is 4. The Labute approximate surface area is 154 Å². The van der Waals surface area contributed by atoms with Crippen LogP contribution in [0.15, 0.2) is 34.5 Å². The Kier molecular flexibility index (Phi) is 5.19. The highest BCUT2D eigenvalue weighted by Gasteiger charge is 2.18. The average Bonchev–Trinajstić information content (AvgIpc) is 3.07. The van der Waals surface area contributed by atoms with Crippen LogP contribution in [-0.2, 0) is 6.54 Å². The minimum absolute atomic E-state index is 0.294. The van der Waals surface area contributed by atoms with Crippen molar-refractivity contribution >= 4 is 35.0 Å². The molecule has 0 atom stereocenters. The Morgan fingerprint density at radius 3 is 2.73 bits per heavy atom. The summed E-state index contributed by atoms with van der Waals surface area (Å²) in [6.07, 6.45) is 1.68. The summed E-state index contributed by atoms with van der Waals surface area (Å²) in [5.74, 6) is 1.48. The summed E-state index contributed by atoms with van der Waals surface area (Å²) < 4.78 is 0. The minimum atomic E-state index is 0.294. The maximum atomic E-state index is 9.57. The number of nitrogens with zero attached hydrogens (tertiary/aromatic N) is 5. The first kappa shape index (κ1) is 17.5. The first-order chi connectivity index (χ1) is 12.6. The zero-order chi connectivity index (χ0) is 18.5. The molecule has 0 amide bonds. The van der Waals surface area contributed by atoms with Crippen molar-refractivity contribution in [1.82, 2.24) is 25.3 Å². The van der Waals surface area contributed by atoms with Crippen molar-refractivity contribution in [3.63, 3.8) is 0 Å². The van der Waals surface area contributed by atoms with Crippen LogP contribution in [0.2, 0.25) is 0 Å². The van der Waals surface area contributed by atoms with Crippen molar-refractivity contribution in [2.45, 2.75) is 13.5 Å². The summed E-state index contributed by atoms with van der Waals surface area (Å²) in [5, 5.41) is 21.4. The maximum absolute atomic E-state index is 9.57. The van der Waals surface area contributed by atoms with Gasteiger partial charge in [-0.3, -0.25) is 0 Å². The number of hydrogen-bond acceptors (Lipinski definition) is 10. The minimum Gasteiger partial charge on any atom is -0.384 e. The maximum Gasteiger partial charge on any atom is 0.228 e. The predicted molar refractivity (Wildman–Crippen MR) is 102 cm³/mol. The summed E-state index contributed by atoms with van der Waals surface area (Å²) in [6.45, 7) is 2.39. The Hall–Kier alpha value is -3.32. The third-order valence-corrected chi connectivity index (χ3v) is 4.40. The highest BCUT2D eigenvalue weighted by Crippen LogP contribution is 2.30. The van der Waals surface area contributed by atoms with Gasteiger partial charge in [-0.25, -0.2) is 4.98 Å². The molecular formula is C16H17N9S. The van der Waals surface area contributed by atoms with Crippen LogP contribution in [0.4, 0.5) is 17.7 Å². The fourth-order valence-corrected chi connectivity index (χ4v) is 2.94. The van der Waals surface area contributed by atoms with Gasteiger partial charge in [0.25, 0.3) is 0 Å². The quantitative estimate of drug-likeness (QED) is 0.580. The highest BCUT2D eigenvalue weighted by atomic mass is 32.2. The molecule has 0 unspecified atom stereocenters. The van der Waals surface area contributed by atoms with Gasteiger partial charge in [-0.2, -0.15) is 20.2 Å². The van der Waals surface area contributed by atoms with Crippen LogP contribution in [0.25, 0.3) is 5.57 Å². The molecule has 0 bridgehead atoms. The molecule has 2 aromatic rings. The number of allylic oxidation sites excluding steroid dienone is 2. The lowest BCUT2D eigenvalue weighted by Crippen LogP contribution is -2.11. The molecule has 0 aliphatic carbocycles. The average molecular weight is 367 g/mol. The van der Waals surface area contributed by atoms with Gasteiger partial charge in [0.05, 0.1) is 5.03 Å². The Morgan fingerprint density at radius 2 is 2.12 bits per heavy atom. The molecule has 132 valence electrons. The first-order valence-electron chi connectivity index (χ1n) is 7.72. The van der Waals surface area contributed by atoms with Crippen LogP contribution in [-0.4, -0.2) is 27.0 Å². The number of nitrogens with one attached hydrogen (secondary N) is 3. The van der Waals surface area contributed by atoms with Gasteiger partial charge in [0.1, 0.15) is 17.5 Å². The van der Waals surface area contributed by atoms with Crippen molar-refractivity contribution in [2.75, 3.05) is 23.4 Å². The second kappa shape index (κ2) is 7.71. The van der Waals surface area contributed by atoms with Crippen molar-refractivity contribution in [1.29, 1.82) is 5.26 Å². The van der Waals surface area contributed by atoms with Gasteiger partial charge in [-0.15, -0.1) is 0 Å². The molecule has 1 aliphatic heterocycles. The molecule has 3 heterocycles. The van der Waals surface area contributed by atoms with E-state index in [1.54, 1.807) is 19.3 Å². The van der Waals surface area contributed by atoms with E-state index in [1.807, 2.05) is 18.4 Å². The summed E-state index contributed by atoms with van der Waals surface area (Å²) in [6, 6.07) is 5.77. The standard InChI is InChI=1S/C16H17N9S/c1-9-8-26-14(22-9)11(5-17)13-23-15(19-2)25-16(24-13)21-7-10-3-4-12(18)20-6-10/h3-4,6,8,22H,7H2,1-2H3,(H2,18,20)(H2,19,21,23,24,25). The van der Waals surface area contributed by atoms with Crippen LogP contribution >= 0.6 is 11.8 Å². The van der Waals surface area contributed by atoms with Crippen LogP contribution in [0.1, 0.15) is 18.3 Å². The van der Waals surface area contributed by atoms with Gasteiger partial charge in [0.2, 0.25) is 11.9 Å². The van der Waals surface area contributed by atoms with Gasteiger partial charge in [-0.05, 0) is 24.0 Å². The molecule has 26 heavy (non-hydrogen) atoms. The van der Waals surface area contributed by atoms with E-state index >= 15 is 0 Å². The number of hydrogen-bond donors (Lipinski definition) is 4. The van der Waals surface area contributed by atoms with E-state index in [0.29, 0.717) is 40.7 Å². The molecule has 0 spiro atoms. The van der Waals surface area contributed by atoms with E-state index < -0.39 is 0 Å². The highest BCUT2D eigenvalue weighted by molar-refractivity contribution is 8.06. The fraction of sp³-hybridized carbons (Fsp3) is 0.188. The molecule has 0 radical (unpaired) electrons. The van der Waals surface area contributed by atoms with Crippen molar-refractivity contribution in [2.24, 2.45) is 0 Å². The van der Waals surface area contributed by atoms with Crippen molar-refractivity contribution < 1.29 is 0 Å². The molecule has 9 nitrogen and oxygen atoms in total. The number of rotatable bonds is 5. The van der Waals surface area contributed by atoms with Crippen molar-refractivity contribution in [3.05, 3.63) is 45.9 Å². The van der Waals surface area contributed by atoms with Gasteiger partial charge in [0.15, 0.2) is 5.82 Å². The summed E-state index contributed by atoms with van der Waals surface area (Å²) in [4.78, 5) is 17.0. The number of thioether (sulfide) groups is 1. The predicted octanol–water partition coefficient (Wildman–Crippen LogP) is 1.89. The van der Waals surface area contributed by atoms with E-state index in [9.17, 15) is 5.26 Å². The molecule has 10 heteroatoms. The van der Waals surface area contributed by atoms with Crippen LogP contribution in [0.5, 0.6) is 0 Å². The number of pyridine rings is 1. The van der Waals surface area contributed by atoms with E-state index in [-0.39, 0.29) is 0 Å². The van der Waals surface area contributed by atoms with E-state index in [1.165, 1.54) is 11.8 Å². The van der Waals surface area contributed by atoms with E-state index in [4.69, 9.17) is 5.73 Å². The fourth-order valence-electron chi connectivity index (χ4n) is 2.11. The molecule has 2 aromatic heterocycles. The Bertz CT molecular complexity index is 912. The normalized spacial score (nSPS) is 14.9. The molecule has 0 saturated carbocycles. The largest absolute Gasteiger partial charge is 0.384 e. The van der Waals surface area contributed by atoms with Gasteiger partial charge >= 0.3 is 0 Å². The third kappa shape index (κ3) is 4.01. The van der Waals surface area contributed by atoms with E-state index in [2.05, 4.69) is 42.0 Å². The van der Waals surface area contributed by atoms with Gasteiger partial charge in [0, 0.05) is 25.5 Å². The van der Waals surface area contributed by atoms with Crippen LogP contribution in [0.3, 0.4) is 0 Å². The van der Waals surface area contributed by atoms with Crippen LogP contribution < -0.4 is 21.7 Å². The number of nitrogen functional groups attached to an aromatic ring is 1. The lowest BCUT2D eigenvalue weighted by molar-refractivity contribution is 0.977. The lowest BCUT2D eigenvalue weighted by Gasteiger charge is -2.10. The molecule has 1 aliphatic rings.